The number of hydrogen-bond acceptors (Lipinski definition) is 6. The molecule has 0 spiro atoms. The van der Waals surface area contributed by atoms with Crippen molar-refractivity contribution >= 4 is 16.6 Å². The molecule has 2 unspecified atom stereocenters. The standard InChI is InChI=1S/C15H17FN4O4/c1-7-5-19-11-9(14(21)20(23)15(19)22)4-10(16)12(13(11)24-7)18-3-2-8(17)6-18/h4,7-8,23H,2-3,5-6,17H2,1H3. The normalized spacial score (nSPS) is 22.9. The van der Waals surface area contributed by atoms with Crippen molar-refractivity contribution in [1.29, 1.82) is 0 Å². The van der Waals surface area contributed by atoms with Crippen LogP contribution in [0.1, 0.15) is 13.3 Å². The molecule has 1 aromatic heterocycles. The first-order chi connectivity index (χ1) is 11.4. The van der Waals surface area contributed by atoms with Gasteiger partial charge in [-0.1, -0.05) is 4.73 Å². The van der Waals surface area contributed by atoms with E-state index in [1.54, 1.807) is 11.8 Å². The van der Waals surface area contributed by atoms with Gasteiger partial charge in [0.15, 0.2) is 11.6 Å². The smallest absolute Gasteiger partial charge is 0.365 e. The largest absolute Gasteiger partial charge is 0.484 e. The number of nitrogens with two attached hydrogens (primary N) is 1. The molecule has 0 amide bonds. The molecule has 3 N–H and O–H groups in total. The van der Waals surface area contributed by atoms with Crippen LogP contribution in [0, 0.1) is 5.82 Å². The lowest BCUT2D eigenvalue weighted by Crippen LogP contribution is -2.43. The van der Waals surface area contributed by atoms with E-state index in [9.17, 15) is 19.2 Å². The van der Waals surface area contributed by atoms with E-state index in [1.165, 1.54) is 4.57 Å². The second-order valence-electron chi connectivity index (χ2n) is 6.37. The van der Waals surface area contributed by atoms with Gasteiger partial charge in [-0.3, -0.25) is 9.36 Å². The van der Waals surface area contributed by atoms with Gasteiger partial charge < -0.3 is 20.6 Å². The number of nitrogens with zero attached hydrogens (tertiary/aromatic N) is 3. The molecule has 9 heteroatoms. The topological polar surface area (TPSA) is 103 Å². The summed E-state index contributed by atoms with van der Waals surface area (Å²) in [6, 6.07) is 0.975. The third-order valence-corrected chi connectivity index (χ3v) is 4.59. The van der Waals surface area contributed by atoms with Gasteiger partial charge in [0, 0.05) is 19.1 Å². The van der Waals surface area contributed by atoms with Crippen LogP contribution in [0.15, 0.2) is 15.7 Å². The number of benzene rings is 1. The molecule has 0 aliphatic carbocycles. The van der Waals surface area contributed by atoms with E-state index in [0.717, 1.165) is 12.5 Å². The summed E-state index contributed by atoms with van der Waals surface area (Å²) in [7, 11) is 0. The molecule has 0 radical (unpaired) electrons. The van der Waals surface area contributed by atoms with E-state index in [4.69, 9.17) is 10.5 Å². The molecule has 24 heavy (non-hydrogen) atoms. The Bertz CT molecular complexity index is 967. The van der Waals surface area contributed by atoms with Crippen molar-refractivity contribution in [3.8, 4) is 5.75 Å². The summed E-state index contributed by atoms with van der Waals surface area (Å²) in [5.74, 6) is -0.476. The first kappa shape index (κ1) is 15.0. The second kappa shape index (κ2) is 4.97. The van der Waals surface area contributed by atoms with Crippen LogP contribution in [-0.2, 0) is 6.54 Å². The number of rotatable bonds is 1. The van der Waals surface area contributed by atoms with Crippen LogP contribution in [-0.4, -0.2) is 39.7 Å². The van der Waals surface area contributed by atoms with Gasteiger partial charge in [0.25, 0.3) is 5.56 Å². The lowest BCUT2D eigenvalue weighted by atomic mass is 10.1. The highest BCUT2D eigenvalue weighted by Gasteiger charge is 2.32. The van der Waals surface area contributed by atoms with E-state index in [1.807, 2.05) is 0 Å². The molecule has 128 valence electrons. The lowest BCUT2D eigenvalue weighted by Gasteiger charge is -2.30. The SMILES string of the molecule is CC1Cn2c(=O)n(O)c(=O)c3cc(F)c(N4CCC(N)C4)c(c32)O1. The average molecular weight is 336 g/mol. The van der Waals surface area contributed by atoms with Gasteiger partial charge in [-0.05, 0) is 19.4 Å². The predicted molar refractivity (Wildman–Crippen MR) is 84.5 cm³/mol. The number of halogens is 1. The molecule has 8 nitrogen and oxygen atoms in total. The van der Waals surface area contributed by atoms with Gasteiger partial charge in [0.1, 0.15) is 17.3 Å². The van der Waals surface area contributed by atoms with Crippen LogP contribution in [0.25, 0.3) is 10.9 Å². The van der Waals surface area contributed by atoms with Crippen molar-refractivity contribution in [1.82, 2.24) is 9.30 Å². The summed E-state index contributed by atoms with van der Waals surface area (Å²) in [6.07, 6.45) is 0.310. The van der Waals surface area contributed by atoms with Crippen LogP contribution >= 0.6 is 0 Å². The molecule has 1 aromatic carbocycles. The highest BCUT2D eigenvalue weighted by atomic mass is 19.1. The molecule has 3 heterocycles. The minimum absolute atomic E-state index is 0.00896. The van der Waals surface area contributed by atoms with Crippen LogP contribution in [0.2, 0.25) is 0 Å². The maximum absolute atomic E-state index is 14.8. The fourth-order valence-electron chi connectivity index (χ4n) is 3.51. The summed E-state index contributed by atoms with van der Waals surface area (Å²) >= 11 is 0. The van der Waals surface area contributed by atoms with E-state index >= 15 is 0 Å². The molecule has 1 fully saturated rings. The Morgan fingerprint density at radius 2 is 2.12 bits per heavy atom. The third kappa shape index (κ3) is 1.94. The number of ether oxygens (including phenoxy) is 1. The summed E-state index contributed by atoms with van der Waals surface area (Å²) in [5.41, 5.74) is 4.51. The summed E-state index contributed by atoms with van der Waals surface area (Å²) < 4.78 is 21.8. The van der Waals surface area contributed by atoms with Crippen LogP contribution in [0.5, 0.6) is 5.75 Å². The minimum Gasteiger partial charge on any atom is -0.484 e. The van der Waals surface area contributed by atoms with Crippen molar-refractivity contribution in [2.45, 2.75) is 32.0 Å². The van der Waals surface area contributed by atoms with Gasteiger partial charge in [-0.25, -0.2) is 9.18 Å². The zero-order valence-electron chi connectivity index (χ0n) is 13.0. The monoisotopic (exact) mass is 336 g/mol. The fourth-order valence-corrected chi connectivity index (χ4v) is 3.51. The summed E-state index contributed by atoms with van der Waals surface area (Å²) in [6.45, 7) is 2.93. The average Bonchev–Trinajstić information content (AvgIpc) is 2.95. The fraction of sp³-hybridized carbons (Fsp3) is 0.467. The van der Waals surface area contributed by atoms with Crippen molar-refractivity contribution < 1.29 is 14.3 Å². The van der Waals surface area contributed by atoms with Crippen LogP contribution < -0.4 is 26.6 Å². The van der Waals surface area contributed by atoms with Gasteiger partial charge in [-0.2, -0.15) is 0 Å². The first-order valence-corrected chi connectivity index (χ1v) is 7.77. The Kier molecular flexibility index (Phi) is 3.11. The van der Waals surface area contributed by atoms with E-state index in [0.29, 0.717) is 13.1 Å². The number of aromatic nitrogens is 2. The Labute approximate surface area is 135 Å². The summed E-state index contributed by atoms with van der Waals surface area (Å²) in [4.78, 5) is 26.2. The van der Waals surface area contributed by atoms with Gasteiger partial charge in [0.2, 0.25) is 0 Å². The van der Waals surface area contributed by atoms with Gasteiger partial charge in [-0.15, -0.1) is 0 Å². The van der Waals surface area contributed by atoms with Gasteiger partial charge in [0.05, 0.1) is 11.9 Å². The Balaban J connectivity index is 2.11. The predicted octanol–water partition coefficient (Wildman–Crippen LogP) is -0.142. The highest BCUT2D eigenvalue weighted by Crippen LogP contribution is 2.41. The lowest BCUT2D eigenvalue weighted by molar-refractivity contribution is 0.142. The maximum Gasteiger partial charge on any atom is 0.365 e. The number of hydrogen-bond donors (Lipinski definition) is 2. The van der Waals surface area contributed by atoms with E-state index < -0.39 is 23.2 Å². The Morgan fingerprint density at radius 1 is 1.38 bits per heavy atom. The Morgan fingerprint density at radius 3 is 2.79 bits per heavy atom. The third-order valence-electron chi connectivity index (χ3n) is 4.59. The van der Waals surface area contributed by atoms with E-state index in [-0.39, 0.29) is 39.7 Å². The maximum atomic E-state index is 14.8. The number of anilines is 1. The van der Waals surface area contributed by atoms with Crippen molar-refractivity contribution in [2.24, 2.45) is 5.73 Å². The molecule has 2 aliphatic heterocycles. The van der Waals surface area contributed by atoms with Crippen molar-refractivity contribution in [2.75, 3.05) is 18.0 Å². The summed E-state index contributed by atoms with van der Waals surface area (Å²) in [5, 5.41) is 9.61. The molecule has 2 aromatic rings. The second-order valence-corrected chi connectivity index (χ2v) is 6.37. The zero-order chi connectivity index (χ0) is 17.2. The molecular formula is C15H17FN4O4. The molecule has 2 atom stereocenters. The molecule has 2 aliphatic rings. The Hall–Kier alpha value is -2.55. The van der Waals surface area contributed by atoms with Crippen LogP contribution in [0.4, 0.5) is 10.1 Å². The molecule has 0 bridgehead atoms. The van der Waals surface area contributed by atoms with Crippen LogP contribution in [0.3, 0.4) is 0 Å². The molecular weight excluding hydrogens is 319 g/mol. The van der Waals surface area contributed by atoms with E-state index in [2.05, 4.69) is 0 Å². The minimum atomic E-state index is -0.964. The molecule has 4 rings (SSSR count). The highest BCUT2D eigenvalue weighted by molar-refractivity contribution is 5.91. The zero-order valence-corrected chi connectivity index (χ0v) is 13.0. The quantitative estimate of drug-likeness (QED) is 0.703. The van der Waals surface area contributed by atoms with Crippen molar-refractivity contribution in [3.63, 3.8) is 0 Å². The molecule has 1 saturated heterocycles. The first-order valence-electron chi connectivity index (χ1n) is 7.77. The molecule has 0 saturated carbocycles. The van der Waals surface area contributed by atoms with Gasteiger partial charge >= 0.3 is 5.69 Å². The van der Waals surface area contributed by atoms with Crippen molar-refractivity contribution in [3.05, 3.63) is 32.7 Å².